The quantitative estimate of drug-likeness (QED) is 0.470. The molecule has 0 bridgehead atoms. The Balaban J connectivity index is 2.25. The van der Waals surface area contributed by atoms with Crippen molar-refractivity contribution in [2.45, 2.75) is 0 Å². The summed E-state index contributed by atoms with van der Waals surface area (Å²) in [5, 5.41) is 6.94. The molecule has 5 heteroatoms. The minimum atomic E-state index is 0.243. The number of H-pyrrole nitrogens is 1. The third kappa shape index (κ3) is 2.20. The highest BCUT2D eigenvalue weighted by molar-refractivity contribution is 7.80. The van der Waals surface area contributed by atoms with E-state index in [4.69, 9.17) is 18.0 Å². The van der Waals surface area contributed by atoms with Crippen molar-refractivity contribution < 1.29 is 0 Å². The van der Waals surface area contributed by atoms with Crippen molar-refractivity contribution in [3.05, 3.63) is 36.0 Å². The topological polar surface area (TPSA) is 57.4 Å². The van der Waals surface area contributed by atoms with Gasteiger partial charge in [0.25, 0.3) is 0 Å². The molecule has 1 aromatic heterocycles. The van der Waals surface area contributed by atoms with Crippen LogP contribution in [0.25, 0.3) is 10.9 Å². The van der Waals surface area contributed by atoms with Crippen LogP contribution in [0.15, 0.2) is 35.4 Å². The van der Waals surface area contributed by atoms with Gasteiger partial charge in [0.2, 0.25) is 0 Å². The van der Waals surface area contributed by atoms with E-state index in [0.717, 1.165) is 16.6 Å². The first-order valence-electron chi connectivity index (χ1n) is 4.82. The van der Waals surface area contributed by atoms with Crippen LogP contribution in [0.1, 0.15) is 5.69 Å². The number of nitrogens with two attached hydrogens (primary N) is 1. The first-order valence-corrected chi connectivity index (χ1v) is 5.22. The Morgan fingerprint density at radius 3 is 2.94 bits per heavy atom. The van der Waals surface area contributed by atoms with E-state index in [9.17, 15) is 0 Å². The van der Waals surface area contributed by atoms with Gasteiger partial charge in [0.05, 0.1) is 11.9 Å². The van der Waals surface area contributed by atoms with Crippen molar-refractivity contribution in [1.29, 1.82) is 0 Å². The lowest BCUT2D eigenvalue weighted by molar-refractivity contribution is 0.552. The molecule has 0 atom stereocenters. The smallest absolute Gasteiger partial charge is 0.186 e. The maximum atomic E-state index is 5.41. The number of para-hydroxylation sites is 1. The summed E-state index contributed by atoms with van der Waals surface area (Å²) < 4.78 is 0. The number of hydrazone groups is 1. The van der Waals surface area contributed by atoms with E-state index in [-0.39, 0.29) is 5.11 Å². The maximum absolute atomic E-state index is 5.41. The Kier molecular flexibility index (Phi) is 2.87. The minimum absolute atomic E-state index is 0.243. The van der Waals surface area contributed by atoms with Gasteiger partial charge in [-0.1, -0.05) is 18.2 Å². The molecule has 3 N–H and O–H groups in total. The zero-order valence-corrected chi connectivity index (χ0v) is 9.66. The first kappa shape index (κ1) is 10.6. The van der Waals surface area contributed by atoms with Crippen LogP contribution in [0, 0.1) is 0 Å². The van der Waals surface area contributed by atoms with Gasteiger partial charge in [-0.25, -0.2) is 5.01 Å². The number of aromatic amines is 1. The zero-order chi connectivity index (χ0) is 11.5. The molecule has 0 aliphatic carbocycles. The Bertz CT molecular complexity index is 511. The number of nitrogens with zero attached hydrogens (tertiary/aromatic N) is 2. The van der Waals surface area contributed by atoms with Crippen LogP contribution in [-0.4, -0.2) is 28.4 Å². The molecular weight excluding hydrogens is 220 g/mol. The van der Waals surface area contributed by atoms with Gasteiger partial charge in [0.15, 0.2) is 5.11 Å². The molecule has 0 fully saturated rings. The molecule has 0 radical (unpaired) electrons. The number of thiocarbonyl (C=S) groups is 1. The molecule has 0 unspecified atom stereocenters. The number of hydrogen-bond donors (Lipinski definition) is 2. The first-order chi connectivity index (χ1) is 7.66. The number of hydrogen-bond acceptors (Lipinski definition) is 2. The van der Waals surface area contributed by atoms with Gasteiger partial charge in [-0.3, -0.25) is 0 Å². The van der Waals surface area contributed by atoms with E-state index in [1.165, 1.54) is 5.01 Å². The summed E-state index contributed by atoms with van der Waals surface area (Å²) in [4.78, 5) is 3.23. The predicted octanol–water partition coefficient (Wildman–Crippen LogP) is 1.68. The second-order valence-corrected chi connectivity index (χ2v) is 3.84. The van der Waals surface area contributed by atoms with Crippen molar-refractivity contribution in [3.63, 3.8) is 0 Å². The van der Waals surface area contributed by atoms with E-state index in [2.05, 4.69) is 10.1 Å². The van der Waals surface area contributed by atoms with Gasteiger partial charge in [-0.05, 0) is 24.4 Å². The third-order valence-electron chi connectivity index (χ3n) is 2.24. The fraction of sp³-hybridized carbons (Fsp3) is 0.0909. The number of rotatable bonds is 2. The lowest BCUT2D eigenvalue weighted by atomic mass is 10.2. The fourth-order valence-corrected chi connectivity index (χ4v) is 1.42. The molecule has 0 amide bonds. The Hall–Kier alpha value is -1.88. The lowest BCUT2D eigenvalue weighted by Crippen LogP contribution is -2.27. The maximum Gasteiger partial charge on any atom is 0.186 e. The highest BCUT2D eigenvalue weighted by Crippen LogP contribution is 2.13. The molecule has 1 aromatic carbocycles. The molecule has 4 nitrogen and oxygen atoms in total. The summed E-state index contributed by atoms with van der Waals surface area (Å²) in [6.45, 7) is 0. The van der Waals surface area contributed by atoms with Crippen LogP contribution < -0.4 is 5.73 Å². The van der Waals surface area contributed by atoms with Crippen LogP contribution in [0.3, 0.4) is 0 Å². The Morgan fingerprint density at radius 2 is 2.25 bits per heavy atom. The average molecular weight is 232 g/mol. The average Bonchev–Trinajstić information content (AvgIpc) is 2.68. The van der Waals surface area contributed by atoms with E-state index < -0.39 is 0 Å². The summed E-state index contributed by atoms with van der Waals surface area (Å²) >= 11 is 4.78. The standard InChI is InChI=1S/C11H12N4S/c1-15(11(12)16)13-7-9-6-8-4-2-3-5-10(8)14-9/h2-7,14H,1H3,(H2,12,16). The second-order valence-electron chi connectivity index (χ2n) is 3.42. The molecule has 0 saturated heterocycles. The summed E-state index contributed by atoms with van der Waals surface area (Å²) in [6, 6.07) is 10.1. The number of nitrogens with one attached hydrogen (secondary N) is 1. The molecule has 82 valence electrons. The molecule has 0 saturated carbocycles. The van der Waals surface area contributed by atoms with Crippen LogP contribution in [0.4, 0.5) is 0 Å². The lowest BCUT2D eigenvalue weighted by Gasteiger charge is -2.07. The van der Waals surface area contributed by atoms with Crippen LogP contribution >= 0.6 is 12.2 Å². The summed E-state index contributed by atoms with van der Waals surface area (Å²) in [6.07, 6.45) is 1.69. The Morgan fingerprint density at radius 1 is 1.50 bits per heavy atom. The monoisotopic (exact) mass is 232 g/mol. The highest BCUT2D eigenvalue weighted by atomic mass is 32.1. The molecule has 0 aliphatic heterocycles. The predicted molar refractivity (Wildman–Crippen MR) is 70.4 cm³/mol. The van der Waals surface area contributed by atoms with E-state index in [1.54, 1.807) is 13.3 Å². The zero-order valence-electron chi connectivity index (χ0n) is 8.84. The van der Waals surface area contributed by atoms with Gasteiger partial charge in [-0.15, -0.1) is 0 Å². The van der Waals surface area contributed by atoms with E-state index >= 15 is 0 Å². The van der Waals surface area contributed by atoms with Crippen molar-refractivity contribution in [3.8, 4) is 0 Å². The molecule has 16 heavy (non-hydrogen) atoms. The van der Waals surface area contributed by atoms with Crippen LogP contribution in [0.5, 0.6) is 0 Å². The molecule has 2 aromatic rings. The van der Waals surface area contributed by atoms with Gasteiger partial charge in [0.1, 0.15) is 0 Å². The minimum Gasteiger partial charge on any atom is -0.375 e. The van der Waals surface area contributed by atoms with E-state index in [0.29, 0.717) is 0 Å². The summed E-state index contributed by atoms with van der Waals surface area (Å²) in [5.41, 5.74) is 7.41. The second kappa shape index (κ2) is 4.32. The normalized spacial score (nSPS) is 11.1. The van der Waals surface area contributed by atoms with E-state index in [1.807, 2.05) is 30.3 Å². The van der Waals surface area contributed by atoms with Crippen LogP contribution in [0.2, 0.25) is 0 Å². The fourth-order valence-electron chi connectivity index (χ4n) is 1.37. The number of benzene rings is 1. The van der Waals surface area contributed by atoms with Gasteiger partial charge in [-0.2, -0.15) is 5.10 Å². The third-order valence-corrected chi connectivity index (χ3v) is 2.50. The van der Waals surface area contributed by atoms with Gasteiger partial charge in [0, 0.05) is 18.0 Å². The molecule has 0 spiro atoms. The van der Waals surface area contributed by atoms with Gasteiger partial charge >= 0.3 is 0 Å². The molecule has 1 heterocycles. The highest BCUT2D eigenvalue weighted by Gasteiger charge is 1.98. The van der Waals surface area contributed by atoms with Gasteiger partial charge < -0.3 is 10.7 Å². The van der Waals surface area contributed by atoms with Crippen molar-refractivity contribution in [2.24, 2.45) is 10.8 Å². The molecule has 2 rings (SSSR count). The molecule has 0 aliphatic rings. The van der Waals surface area contributed by atoms with Crippen LogP contribution in [-0.2, 0) is 0 Å². The molecular formula is C11H12N4S. The van der Waals surface area contributed by atoms with Crippen molar-refractivity contribution in [2.75, 3.05) is 7.05 Å². The number of aromatic nitrogens is 1. The summed E-state index contributed by atoms with van der Waals surface area (Å²) in [5.74, 6) is 0. The van der Waals surface area contributed by atoms with Crippen molar-refractivity contribution >= 4 is 34.4 Å². The largest absolute Gasteiger partial charge is 0.375 e. The van der Waals surface area contributed by atoms with Crippen molar-refractivity contribution in [1.82, 2.24) is 9.99 Å². The summed E-state index contributed by atoms with van der Waals surface area (Å²) in [7, 11) is 1.71. The Labute approximate surface area is 98.7 Å². The SMILES string of the molecule is CN(N=Cc1cc2ccccc2[nH]1)C(N)=S. The number of fused-ring (bicyclic) bond motifs is 1.